The Bertz CT molecular complexity index is 289. The molecule has 0 aliphatic heterocycles. The Morgan fingerprint density at radius 1 is 1.29 bits per heavy atom. The first-order valence-corrected chi connectivity index (χ1v) is 5.39. The van der Waals surface area contributed by atoms with Crippen LogP contribution in [-0.4, -0.2) is 6.10 Å². The minimum atomic E-state index is 0.257. The molecule has 0 bridgehead atoms. The van der Waals surface area contributed by atoms with E-state index >= 15 is 0 Å². The molecule has 0 heterocycles. The van der Waals surface area contributed by atoms with E-state index in [-0.39, 0.29) is 6.10 Å². The zero-order valence-corrected chi connectivity index (χ0v) is 9.63. The summed E-state index contributed by atoms with van der Waals surface area (Å²) in [6, 6.07) is 6.36. The van der Waals surface area contributed by atoms with Crippen LogP contribution in [0.4, 0.5) is 0 Å². The van der Waals surface area contributed by atoms with Crippen molar-refractivity contribution in [2.24, 2.45) is 0 Å². The van der Waals surface area contributed by atoms with Crippen molar-refractivity contribution in [1.82, 2.24) is 0 Å². The Balaban J connectivity index is 2.83. The average molecular weight is 192 g/mol. The minimum absolute atomic E-state index is 0.257. The fourth-order valence-electron chi connectivity index (χ4n) is 1.53. The van der Waals surface area contributed by atoms with Gasteiger partial charge in [-0.3, -0.25) is 0 Å². The molecule has 1 aromatic carbocycles. The number of rotatable bonds is 4. The first kappa shape index (κ1) is 11.1. The summed E-state index contributed by atoms with van der Waals surface area (Å²) in [4.78, 5) is 0. The Morgan fingerprint density at radius 3 is 2.57 bits per heavy atom. The molecule has 14 heavy (non-hydrogen) atoms. The molecule has 0 fully saturated rings. The minimum Gasteiger partial charge on any atom is -0.491 e. The van der Waals surface area contributed by atoms with Gasteiger partial charge in [-0.15, -0.1) is 0 Å². The highest BCUT2D eigenvalue weighted by molar-refractivity contribution is 5.35. The van der Waals surface area contributed by atoms with Crippen LogP contribution in [-0.2, 0) is 6.42 Å². The van der Waals surface area contributed by atoms with E-state index in [2.05, 4.69) is 45.9 Å². The molecular formula is C13H20O. The normalized spacial score (nSPS) is 10.6. The van der Waals surface area contributed by atoms with Crippen LogP contribution in [0.2, 0.25) is 0 Å². The van der Waals surface area contributed by atoms with Gasteiger partial charge in [-0.05, 0) is 50.5 Å². The first-order valence-electron chi connectivity index (χ1n) is 5.39. The lowest BCUT2D eigenvalue weighted by molar-refractivity contribution is 0.242. The molecule has 1 nitrogen and oxygen atoms in total. The van der Waals surface area contributed by atoms with Crippen LogP contribution in [0.5, 0.6) is 5.75 Å². The van der Waals surface area contributed by atoms with Crippen LogP contribution in [0.1, 0.15) is 38.3 Å². The van der Waals surface area contributed by atoms with Crippen molar-refractivity contribution in [1.29, 1.82) is 0 Å². The maximum Gasteiger partial charge on any atom is 0.119 e. The monoisotopic (exact) mass is 192 g/mol. The second-order valence-electron chi connectivity index (χ2n) is 4.00. The molecule has 0 aromatic heterocycles. The quantitative estimate of drug-likeness (QED) is 0.706. The predicted molar refractivity (Wildman–Crippen MR) is 60.9 cm³/mol. The van der Waals surface area contributed by atoms with E-state index in [1.165, 1.54) is 17.5 Å². The lowest BCUT2D eigenvalue weighted by Gasteiger charge is -2.12. The molecule has 0 saturated carbocycles. The Kier molecular flexibility index (Phi) is 3.99. The van der Waals surface area contributed by atoms with Gasteiger partial charge in [0.05, 0.1) is 6.10 Å². The van der Waals surface area contributed by atoms with Gasteiger partial charge in [-0.1, -0.05) is 19.4 Å². The SMILES string of the molecule is CCCc1cc(OC(C)C)ccc1C. The highest BCUT2D eigenvalue weighted by atomic mass is 16.5. The van der Waals surface area contributed by atoms with Crippen molar-refractivity contribution in [2.75, 3.05) is 0 Å². The second-order valence-corrected chi connectivity index (χ2v) is 4.00. The molecule has 0 spiro atoms. The van der Waals surface area contributed by atoms with Gasteiger partial charge in [0.1, 0.15) is 5.75 Å². The molecule has 0 N–H and O–H groups in total. The third-order valence-corrected chi connectivity index (χ3v) is 2.21. The number of hydrogen-bond acceptors (Lipinski definition) is 1. The molecule has 0 atom stereocenters. The number of ether oxygens (including phenoxy) is 1. The fraction of sp³-hybridized carbons (Fsp3) is 0.538. The first-order chi connectivity index (χ1) is 6.63. The standard InChI is InChI=1S/C13H20O/c1-5-6-12-9-13(14-10(2)3)8-7-11(12)4/h7-10H,5-6H2,1-4H3. The number of benzene rings is 1. The van der Waals surface area contributed by atoms with Crippen LogP contribution in [0, 0.1) is 6.92 Å². The number of aryl methyl sites for hydroxylation is 2. The molecule has 0 aliphatic carbocycles. The van der Waals surface area contributed by atoms with Crippen molar-refractivity contribution >= 4 is 0 Å². The molecule has 0 amide bonds. The Hall–Kier alpha value is -0.980. The zero-order valence-electron chi connectivity index (χ0n) is 9.63. The van der Waals surface area contributed by atoms with Crippen LogP contribution in [0.25, 0.3) is 0 Å². The summed E-state index contributed by atoms with van der Waals surface area (Å²) in [6.07, 6.45) is 2.58. The highest BCUT2D eigenvalue weighted by Crippen LogP contribution is 2.19. The molecule has 0 saturated heterocycles. The van der Waals surface area contributed by atoms with Crippen molar-refractivity contribution in [2.45, 2.75) is 46.6 Å². The summed E-state index contributed by atoms with van der Waals surface area (Å²) >= 11 is 0. The summed E-state index contributed by atoms with van der Waals surface area (Å²) in [5, 5.41) is 0. The fourth-order valence-corrected chi connectivity index (χ4v) is 1.53. The maximum absolute atomic E-state index is 5.66. The molecule has 1 heteroatoms. The lowest BCUT2D eigenvalue weighted by Crippen LogP contribution is -2.06. The van der Waals surface area contributed by atoms with Gasteiger partial charge < -0.3 is 4.74 Å². The molecule has 0 unspecified atom stereocenters. The van der Waals surface area contributed by atoms with Crippen molar-refractivity contribution < 1.29 is 4.74 Å². The van der Waals surface area contributed by atoms with E-state index in [1.807, 2.05) is 0 Å². The van der Waals surface area contributed by atoms with Gasteiger partial charge in [-0.2, -0.15) is 0 Å². The maximum atomic E-state index is 5.66. The summed E-state index contributed by atoms with van der Waals surface area (Å²) in [5.41, 5.74) is 2.77. The van der Waals surface area contributed by atoms with Gasteiger partial charge in [0, 0.05) is 0 Å². The van der Waals surface area contributed by atoms with E-state index < -0.39 is 0 Å². The summed E-state index contributed by atoms with van der Waals surface area (Å²) < 4.78 is 5.66. The third-order valence-electron chi connectivity index (χ3n) is 2.21. The topological polar surface area (TPSA) is 9.23 Å². The Morgan fingerprint density at radius 2 is 2.00 bits per heavy atom. The molecule has 1 rings (SSSR count). The molecule has 78 valence electrons. The van der Waals surface area contributed by atoms with E-state index in [1.54, 1.807) is 0 Å². The van der Waals surface area contributed by atoms with E-state index in [4.69, 9.17) is 4.74 Å². The van der Waals surface area contributed by atoms with Crippen molar-refractivity contribution in [3.05, 3.63) is 29.3 Å². The highest BCUT2D eigenvalue weighted by Gasteiger charge is 2.01. The predicted octanol–water partition coefficient (Wildman–Crippen LogP) is 3.73. The lowest BCUT2D eigenvalue weighted by atomic mass is 10.0. The zero-order chi connectivity index (χ0) is 10.6. The van der Waals surface area contributed by atoms with E-state index in [0.29, 0.717) is 0 Å². The third kappa shape index (κ3) is 3.06. The molecule has 0 aliphatic rings. The van der Waals surface area contributed by atoms with Gasteiger partial charge in [-0.25, -0.2) is 0 Å². The van der Waals surface area contributed by atoms with Crippen molar-refractivity contribution in [3.63, 3.8) is 0 Å². The Labute approximate surface area is 87.1 Å². The summed E-state index contributed by atoms with van der Waals surface area (Å²) in [6.45, 7) is 8.47. The van der Waals surface area contributed by atoms with Gasteiger partial charge in [0.2, 0.25) is 0 Å². The second kappa shape index (κ2) is 5.04. The summed E-state index contributed by atoms with van der Waals surface area (Å²) in [5.74, 6) is 0.994. The van der Waals surface area contributed by atoms with Crippen LogP contribution in [0.3, 0.4) is 0 Å². The molecule has 0 radical (unpaired) electrons. The number of hydrogen-bond donors (Lipinski definition) is 0. The smallest absolute Gasteiger partial charge is 0.119 e. The molecule has 1 aromatic rings. The van der Waals surface area contributed by atoms with Crippen LogP contribution >= 0.6 is 0 Å². The molecular weight excluding hydrogens is 172 g/mol. The van der Waals surface area contributed by atoms with Crippen LogP contribution < -0.4 is 4.74 Å². The van der Waals surface area contributed by atoms with E-state index in [9.17, 15) is 0 Å². The van der Waals surface area contributed by atoms with Gasteiger partial charge in [0.25, 0.3) is 0 Å². The largest absolute Gasteiger partial charge is 0.491 e. The van der Waals surface area contributed by atoms with Gasteiger partial charge in [0.15, 0.2) is 0 Å². The van der Waals surface area contributed by atoms with Gasteiger partial charge >= 0.3 is 0 Å². The average Bonchev–Trinajstić information content (AvgIpc) is 2.10. The summed E-state index contributed by atoms with van der Waals surface area (Å²) in [7, 11) is 0. The van der Waals surface area contributed by atoms with Crippen LogP contribution in [0.15, 0.2) is 18.2 Å². The van der Waals surface area contributed by atoms with E-state index in [0.717, 1.165) is 12.2 Å². The van der Waals surface area contributed by atoms with Crippen molar-refractivity contribution in [3.8, 4) is 5.75 Å².